The van der Waals surface area contributed by atoms with Gasteiger partial charge in [-0.05, 0) is 38.3 Å². The Bertz CT molecular complexity index is 892. The molecule has 1 aromatic heterocycles. The van der Waals surface area contributed by atoms with Crippen molar-refractivity contribution in [3.8, 4) is 5.88 Å². The molecule has 3 rings (SSSR count). The molecule has 0 atom stereocenters. The van der Waals surface area contributed by atoms with E-state index in [1.807, 2.05) is 13.8 Å². The molecule has 8 nitrogen and oxygen atoms in total. The third kappa shape index (κ3) is 4.76. The highest BCUT2D eigenvalue weighted by molar-refractivity contribution is 5.99. The quantitative estimate of drug-likeness (QED) is 0.376. The lowest BCUT2D eigenvalue weighted by molar-refractivity contribution is -0.384. The highest BCUT2D eigenvalue weighted by Gasteiger charge is 2.43. The van der Waals surface area contributed by atoms with Crippen LogP contribution in [0.2, 0.25) is 0 Å². The van der Waals surface area contributed by atoms with Crippen LogP contribution >= 0.6 is 0 Å². The minimum atomic E-state index is -0.686. The van der Waals surface area contributed by atoms with Crippen LogP contribution in [0.5, 0.6) is 5.88 Å². The normalized spacial score (nSPS) is 15.0. The van der Waals surface area contributed by atoms with E-state index in [1.54, 1.807) is 24.3 Å². The van der Waals surface area contributed by atoms with Crippen LogP contribution in [0.3, 0.4) is 0 Å². The van der Waals surface area contributed by atoms with Gasteiger partial charge in [0.15, 0.2) is 0 Å². The number of non-ortho nitro benzene ring substituents is 1. The average Bonchev–Trinajstić information content (AvgIpc) is 3.24. The van der Waals surface area contributed by atoms with Gasteiger partial charge in [0.25, 0.3) is 5.69 Å². The highest BCUT2D eigenvalue weighted by atomic mass is 16.6. The number of carbonyl (C=O) groups excluding carboxylic acids is 1. The maximum absolute atomic E-state index is 13.3. The molecular weight excluding hydrogens is 386 g/mol. The lowest BCUT2D eigenvalue weighted by Gasteiger charge is -2.28. The number of benzene rings is 1. The lowest BCUT2D eigenvalue weighted by Crippen LogP contribution is -2.38. The third-order valence-corrected chi connectivity index (χ3v) is 5.51. The monoisotopic (exact) mass is 413 g/mol. The van der Waals surface area contributed by atoms with Crippen LogP contribution in [0.4, 0.5) is 11.4 Å². The highest BCUT2D eigenvalue weighted by Crippen LogP contribution is 2.42. The molecule has 1 saturated carbocycles. The minimum absolute atomic E-state index is 0.0206. The molecule has 1 heterocycles. The number of anilines is 1. The molecule has 1 aliphatic rings. The first kappa shape index (κ1) is 21.7. The van der Waals surface area contributed by atoms with Crippen LogP contribution in [0.1, 0.15) is 43.9 Å². The second-order valence-corrected chi connectivity index (χ2v) is 7.38. The van der Waals surface area contributed by atoms with Crippen LogP contribution < -0.4 is 10.1 Å². The Balaban J connectivity index is 1.74. The van der Waals surface area contributed by atoms with Crippen molar-refractivity contribution in [3.63, 3.8) is 0 Å². The fourth-order valence-electron chi connectivity index (χ4n) is 3.87. The van der Waals surface area contributed by atoms with E-state index in [0.29, 0.717) is 49.9 Å². The summed E-state index contributed by atoms with van der Waals surface area (Å²) in [4.78, 5) is 28.2. The zero-order valence-corrected chi connectivity index (χ0v) is 17.3. The standard InChI is InChI=1S/C22H27N3O5/c1-3-29-14-15-30-20-11-10-19(16(2)23-20)24-21(26)22(12-4-5-13-22)17-6-8-18(9-7-17)25(27)28/h6-11H,3-5,12-15H2,1-2H3,(H,24,26). The number of aromatic nitrogens is 1. The van der Waals surface area contributed by atoms with Gasteiger partial charge in [0.1, 0.15) is 6.61 Å². The van der Waals surface area contributed by atoms with Crippen LogP contribution in [-0.4, -0.2) is 35.6 Å². The Morgan fingerprint density at radius 1 is 1.17 bits per heavy atom. The summed E-state index contributed by atoms with van der Waals surface area (Å²) in [6.45, 7) is 5.28. The van der Waals surface area contributed by atoms with Crippen molar-refractivity contribution in [2.45, 2.75) is 44.9 Å². The van der Waals surface area contributed by atoms with Gasteiger partial charge in [-0.1, -0.05) is 25.0 Å². The van der Waals surface area contributed by atoms with E-state index in [0.717, 1.165) is 18.4 Å². The Kier molecular flexibility index (Phi) is 6.99. The molecule has 1 fully saturated rings. The van der Waals surface area contributed by atoms with Crippen molar-refractivity contribution in [1.29, 1.82) is 0 Å². The largest absolute Gasteiger partial charge is 0.475 e. The predicted molar refractivity (Wildman–Crippen MR) is 113 cm³/mol. The summed E-state index contributed by atoms with van der Waals surface area (Å²) in [6, 6.07) is 9.83. The molecular formula is C22H27N3O5. The van der Waals surface area contributed by atoms with Crippen molar-refractivity contribution in [1.82, 2.24) is 4.98 Å². The minimum Gasteiger partial charge on any atom is -0.475 e. The molecule has 1 aliphatic carbocycles. The van der Waals surface area contributed by atoms with Crippen LogP contribution in [0.15, 0.2) is 36.4 Å². The molecule has 0 radical (unpaired) electrons. The Labute approximate surface area is 175 Å². The molecule has 1 aromatic carbocycles. The zero-order valence-electron chi connectivity index (χ0n) is 17.3. The first-order valence-corrected chi connectivity index (χ1v) is 10.2. The maximum Gasteiger partial charge on any atom is 0.269 e. The van der Waals surface area contributed by atoms with Gasteiger partial charge in [0.05, 0.1) is 28.3 Å². The summed E-state index contributed by atoms with van der Waals surface area (Å²) in [5.41, 5.74) is 1.44. The van der Waals surface area contributed by atoms with Gasteiger partial charge in [-0.15, -0.1) is 0 Å². The average molecular weight is 413 g/mol. The van der Waals surface area contributed by atoms with E-state index >= 15 is 0 Å². The van der Waals surface area contributed by atoms with Crippen LogP contribution in [0, 0.1) is 17.0 Å². The van der Waals surface area contributed by atoms with E-state index in [-0.39, 0.29) is 11.6 Å². The molecule has 0 bridgehead atoms. The van der Waals surface area contributed by atoms with Gasteiger partial charge in [0, 0.05) is 24.8 Å². The molecule has 30 heavy (non-hydrogen) atoms. The fourth-order valence-corrected chi connectivity index (χ4v) is 3.87. The number of amides is 1. The number of nitrogens with zero attached hydrogens (tertiary/aromatic N) is 2. The molecule has 1 N–H and O–H groups in total. The molecule has 160 valence electrons. The van der Waals surface area contributed by atoms with Crippen molar-refractivity contribution >= 4 is 17.3 Å². The molecule has 2 aromatic rings. The van der Waals surface area contributed by atoms with Crippen LogP contribution in [-0.2, 0) is 14.9 Å². The number of carbonyl (C=O) groups is 1. The summed E-state index contributed by atoms with van der Waals surface area (Å²) in [5, 5.41) is 14.0. The Morgan fingerprint density at radius 3 is 2.47 bits per heavy atom. The number of hydrogen-bond acceptors (Lipinski definition) is 6. The number of aryl methyl sites for hydroxylation is 1. The zero-order chi connectivity index (χ0) is 21.6. The molecule has 0 saturated heterocycles. The molecule has 0 spiro atoms. The Hall–Kier alpha value is -3.00. The smallest absolute Gasteiger partial charge is 0.269 e. The van der Waals surface area contributed by atoms with Crippen LogP contribution in [0.25, 0.3) is 0 Å². The predicted octanol–water partition coefficient (Wildman–Crippen LogP) is 4.16. The van der Waals surface area contributed by atoms with Crippen molar-refractivity contribution < 1.29 is 19.2 Å². The van der Waals surface area contributed by atoms with Gasteiger partial charge in [0.2, 0.25) is 11.8 Å². The number of rotatable bonds is 9. The third-order valence-electron chi connectivity index (χ3n) is 5.51. The summed E-state index contributed by atoms with van der Waals surface area (Å²) >= 11 is 0. The summed E-state index contributed by atoms with van der Waals surface area (Å²) in [6.07, 6.45) is 3.30. The number of ether oxygens (including phenoxy) is 2. The first-order valence-electron chi connectivity index (χ1n) is 10.2. The summed E-state index contributed by atoms with van der Waals surface area (Å²) in [7, 11) is 0. The fraction of sp³-hybridized carbons (Fsp3) is 0.455. The van der Waals surface area contributed by atoms with Crippen molar-refractivity contribution in [2.24, 2.45) is 0 Å². The number of pyridine rings is 1. The van der Waals surface area contributed by atoms with E-state index in [2.05, 4.69) is 10.3 Å². The van der Waals surface area contributed by atoms with E-state index in [1.165, 1.54) is 12.1 Å². The summed E-state index contributed by atoms with van der Waals surface area (Å²) in [5.74, 6) is 0.375. The van der Waals surface area contributed by atoms with Crippen molar-refractivity contribution in [2.75, 3.05) is 25.1 Å². The number of nitro groups is 1. The second-order valence-electron chi connectivity index (χ2n) is 7.38. The van der Waals surface area contributed by atoms with Crippen molar-refractivity contribution in [3.05, 3.63) is 57.8 Å². The number of hydrogen-bond donors (Lipinski definition) is 1. The second kappa shape index (κ2) is 9.67. The van der Waals surface area contributed by atoms with Gasteiger partial charge < -0.3 is 14.8 Å². The van der Waals surface area contributed by atoms with Gasteiger partial charge in [-0.2, -0.15) is 0 Å². The lowest BCUT2D eigenvalue weighted by atomic mass is 9.78. The van der Waals surface area contributed by atoms with Gasteiger partial charge in [-0.3, -0.25) is 14.9 Å². The van der Waals surface area contributed by atoms with Gasteiger partial charge >= 0.3 is 0 Å². The molecule has 8 heteroatoms. The summed E-state index contributed by atoms with van der Waals surface area (Å²) < 4.78 is 10.8. The Morgan fingerprint density at radius 2 is 1.87 bits per heavy atom. The topological polar surface area (TPSA) is 104 Å². The molecule has 0 aliphatic heterocycles. The van der Waals surface area contributed by atoms with E-state index < -0.39 is 10.3 Å². The molecule has 1 amide bonds. The van der Waals surface area contributed by atoms with Gasteiger partial charge in [-0.25, -0.2) is 4.98 Å². The number of nitrogens with one attached hydrogen (secondary N) is 1. The van der Waals surface area contributed by atoms with E-state index in [9.17, 15) is 14.9 Å². The maximum atomic E-state index is 13.3. The SMILES string of the molecule is CCOCCOc1ccc(NC(=O)C2(c3ccc([N+](=O)[O-])cc3)CCCC2)c(C)n1. The molecule has 0 unspecified atom stereocenters. The van der Waals surface area contributed by atoms with E-state index in [4.69, 9.17) is 9.47 Å². The number of nitro benzene ring substituents is 1. The first-order chi connectivity index (χ1) is 14.5.